The number of rotatable bonds is 3. The molecular formula is C14H17N3S. The van der Waals surface area contributed by atoms with Gasteiger partial charge in [0.05, 0.1) is 5.69 Å². The van der Waals surface area contributed by atoms with Gasteiger partial charge >= 0.3 is 0 Å². The van der Waals surface area contributed by atoms with Crippen LogP contribution < -0.4 is 0 Å². The molecule has 2 aromatic rings. The molecule has 1 fully saturated rings. The zero-order valence-electron chi connectivity index (χ0n) is 10.3. The summed E-state index contributed by atoms with van der Waals surface area (Å²) in [6, 6.07) is 2.22. The van der Waals surface area contributed by atoms with Gasteiger partial charge in [-0.2, -0.15) is 11.3 Å². The average Bonchev–Trinajstić information content (AvgIpc) is 2.93. The molecule has 94 valence electrons. The Morgan fingerprint density at radius 2 is 2.39 bits per heavy atom. The van der Waals surface area contributed by atoms with Crippen LogP contribution in [0, 0.1) is 0 Å². The first kappa shape index (κ1) is 11.8. The Morgan fingerprint density at radius 3 is 3.17 bits per heavy atom. The topological polar surface area (TPSA) is 29.0 Å². The molecule has 0 spiro atoms. The number of aromatic nitrogens is 2. The highest BCUT2D eigenvalue weighted by atomic mass is 32.1. The van der Waals surface area contributed by atoms with Crippen LogP contribution in [-0.4, -0.2) is 28.0 Å². The average molecular weight is 259 g/mol. The van der Waals surface area contributed by atoms with Crippen molar-refractivity contribution in [2.24, 2.45) is 0 Å². The van der Waals surface area contributed by atoms with Crippen molar-refractivity contribution in [1.29, 1.82) is 0 Å². The molecule has 0 bridgehead atoms. The van der Waals surface area contributed by atoms with Crippen LogP contribution in [0.1, 0.15) is 30.0 Å². The van der Waals surface area contributed by atoms with Crippen molar-refractivity contribution in [2.75, 3.05) is 13.1 Å². The molecule has 0 saturated carbocycles. The number of thiophene rings is 1. The third-order valence-corrected chi connectivity index (χ3v) is 4.23. The summed E-state index contributed by atoms with van der Waals surface area (Å²) >= 11 is 1.78. The van der Waals surface area contributed by atoms with Crippen LogP contribution in [0.25, 0.3) is 0 Å². The normalized spacial score (nSPS) is 21.0. The Balaban J connectivity index is 1.65. The minimum atomic E-state index is 0.547. The van der Waals surface area contributed by atoms with Crippen molar-refractivity contribution in [1.82, 2.24) is 14.9 Å². The number of hydrogen-bond acceptors (Lipinski definition) is 4. The predicted molar refractivity (Wildman–Crippen MR) is 73.6 cm³/mol. The van der Waals surface area contributed by atoms with E-state index >= 15 is 0 Å². The van der Waals surface area contributed by atoms with Crippen LogP contribution in [0.3, 0.4) is 0 Å². The highest BCUT2D eigenvalue weighted by Crippen LogP contribution is 2.26. The smallest absolute Gasteiger partial charge is 0.0630 e. The van der Waals surface area contributed by atoms with E-state index in [0.717, 1.165) is 18.8 Å². The third-order valence-electron chi connectivity index (χ3n) is 3.49. The van der Waals surface area contributed by atoms with Gasteiger partial charge in [-0.25, -0.2) is 0 Å². The summed E-state index contributed by atoms with van der Waals surface area (Å²) < 4.78 is 0. The lowest BCUT2D eigenvalue weighted by molar-refractivity contribution is 0.198. The number of piperidine rings is 1. The maximum absolute atomic E-state index is 4.45. The predicted octanol–water partition coefficient (Wildman–Crippen LogP) is 2.92. The van der Waals surface area contributed by atoms with Crippen LogP contribution in [0.5, 0.6) is 0 Å². The van der Waals surface area contributed by atoms with Crippen molar-refractivity contribution in [2.45, 2.75) is 25.3 Å². The molecule has 0 unspecified atom stereocenters. The van der Waals surface area contributed by atoms with Gasteiger partial charge in [0.15, 0.2) is 0 Å². The van der Waals surface area contributed by atoms with Crippen molar-refractivity contribution < 1.29 is 0 Å². The third kappa shape index (κ3) is 2.76. The molecule has 0 aliphatic carbocycles. The highest BCUT2D eigenvalue weighted by Gasteiger charge is 2.22. The molecule has 0 amide bonds. The molecular weight excluding hydrogens is 242 g/mol. The first-order valence-electron chi connectivity index (χ1n) is 6.41. The molecule has 3 nitrogen and oxygen atoms in total. The Morgan fingerprint density at radius 1 is 1.39 bits per heavy atom. The van der Waals surface area contributed by atoms with Gasteiger partial charge in [0.25, 0.3) is 0 Å². The van der Waals surface area contributed by atoms with Crippen molar-refractivity contribution >= 4 is 11.3 Å². The fraction of sp³-hybridized carbons (Fsp3) is 0.429. The molecule has 1 aliphatic rings. The van der Waals surface area contributed by atoms with E-state index in [-0.39, 0.29) is 0 Å². The van der Waals surface area contributed by atoms with Crippen LogP contribution in [0.15, 0.2) is 35.4 Å². The molecule has 0 radical (unpaired) electrons. The second-order valence-electron chi connectivity index (χ2n) is 4.84. The van der Waals surface area contributed by atoms with E-state index in [1.807, 2.05) is 6.20 Å². The van der Waals surface area contributed by atoms with Crippen LogP contribution in [0.4, 0.5) is 0 Å². The summed E-state index contributed by atoms with van der Waals surface area (Å²) in [6.45, 7) is 3.38. The Kier molecular flexibility index (Phi) is 3.67. The van der Waals surface area contributed by atoms with Gasteiger partial charge in [-0.3, -0.25) is 14.9 Å². The molecule has 3 rings (SSSR count). The number of hydrogen-bond donors (Lipinski definition) is 0. The second kappa shape index (κ2) is 5.59. The largest absolute Gasteiger partial charge is 0.298 e. The van der Waals surface area contributed by atoms with E-state index < -0.39 is 0 Å². The summed E-state index contributed by atoms with van der Waals surface area (Å²) in [4.78, 5) is 11.2. The maximum atomic E-state index is 4.45. The number of nitrogens with zero attached hydrogens (tertiary/aromatic N) is 3. The quantitative estimate of drug-likeness (QED) is 0.848. The second-order valence-corrected chi connectivity index (χ2v) is 5.62. The Hall–Kier alpha value is -1.26. The van der Waals surface area contributed by atoms with Crippen LogP contribution in [0.2, 0.25) is 0 Å². The zero-order chi connectivity index (χ0) is 12.2. The zero-order valence-corrected chi connectivity index (χ0v) is 11.1. The summed E-state index contributed by atoms with van der Waals surface area (Å²) in [5, 5.41) is 4.39. The minimum absolute atomic E-state index is 0.547. The molecule has 18 heavy (non-hydrogen) atoms. The van der Waals surface area contributed by atoms with Gasteiger partial charge in [-0.1, -0.05) is 0 Å². The summed E-state index contributed by atoms with van der Waals surface area (Å²) in [6.07, 6.45) is 7.95. The summed E-state index contributed by atoms with van der Waals surface area (Å²) in [5.74, 6) is 0.547. The Bertz CT molecular complexity index is 469. The van der Waals surface area contributed by atoms with E-state index in [2.05, 4.69) is 31.7 Å². The van der Waals surface area contributed by atoms with E-state index in [1.165, 1.54) is 24.9 Å². The lowest BCUT2D eigenvalue weighted by Gasteiger charge is -2.32. The standard InChI is InChI=1S/C14H17N3S/c1-2-13(14-8-15-4-5-16-14)10-17(6-1)9-12-3-7-18-11-12/h3-5,7-8,11,13H,1-2,6,9-10H2/t13-/m1/s1. The van der Waals surface area contributed by atoms with Crippen molar-refractivity contribution in [3.8, 4) is 0 Å². The molecule has 4 heteroatoms. The van der Waals surface area contributed by atoms with E-state index in [1.54, 1.807) is 23.7 Å². The molecule has 2 aromatic heterocycles. The monoisotopic (exact) mass is 259 g/mol. The van der Waals surface area contributed by atoms with Gasteiger partial charge < -0.3 is 0 Å². The molecule has 3 heterocycles. The van der Waals surface area contributed by atoms with Crippen LogP contribution in [-0.2, 0) is 6.54 Å². The maximum Gasteiger partial charge on any atom is 0.0630 e. The SMILES string of the molecule is c1cnc([C@@H]2CCCN(Cc3ccsc3)C2)cn1. The van der Waals surface area contributed by atoms with Crippen LogP contribution >= 0.6 is 11.3 Å². The van der Waals surface area contributed by atoms with Crippen molar-refractivity contribution in [3.05, 3.63) is 46.7 Å². The first-order chi connectivity index (χ1) is 8.92. The molecule has 1 atom stereocenters. The van der Waals surface area contributed by atoms with Gasteiger partial charge in [0.1, 0.15) is 0 Å². The van der Waals surface area contributed by atoms with Crippen molar-refractivity contribution in [3.63, 3.8) is 0 Å². The van der Waals surface area contributed by atoms with E-state index in [0.29, 0.717) is 5.92 Å². The molecule has 0 aromatic carbocycles. The Labute approximate surface area is 112 Å². The van der Waals surface area contributed by atoms with Gasteiger partial charge in [-0.15, -0.1) is 0 Å². The van der Waals surface area contributed by atoms with Gasteiger partial charge in [0, 0.05) is 37.6 Å². The highest BCUT2D eigenvalue weighted by molar-refractivity contribution is 7.07. The molecule has 1 aliphatic heterocycles. The molecule has 0 N–H and O–H groups in total. The van der Waals surface area contributed by atoms with Gasteiger partial charge in [-0.05, 0) is 41.8 Å². The fourth-order valence-corrected chi connectivity index (χ4v) is 3.26. The van der Waals surface area contributed by atoms with E-state index in [9.17, 15) is 0 Å². The lowest BCUT2D eigenvalue weighted by atomic mass is 9.95. The summed E-state index contributed by atoms with van der Waals surface area (Å²) in [5.41, 5.74) is 2.58. The fourth-order valence-electron chi connectivity index (χ4n) is 2.60. The summed E-state index contributed by atoms with van der Waals surface area (Å²) in [7, 11) is 0. The van der Waals surface area contributed by atoms with Gasteiger partial charge in [0.2, 0.25) is 0 Å². The number of likely N-dealkylation sites (tertiary alicyclic amines) is 1. The molecule has 1 saturated heterocycles. The van der Waals surface area contributed by atoms with E-state index in [4.69, 9.17) is 0 Å². The minimum Gasteiger partial charge on any atom is -0.298 e. The first-order valence-corrected chi connectivity index (χ1v) is 7.35. The lowest BCUT2D eigenvalue weighted by Crippen LogP contribution is -2.34.